The molecule has 0 atom stereocenters. The SMILES string of the molecule is C/C=C(\C)Cc1ccc(OCCN2CCC(NC)CC2)cc1. The van der Waals surface area contributed by atoms with Gasteiger partial charge in [0.25, 0.3) is 0 Å². The Hall–Kier alpha value is -1.32. The van der Waals surface area contributed by atoms with Gasteiger partial charge in [0.15, 0.2) is 0 Å². The quantitative estimate of drug-likeness (QED) is 0.783. The Balaban J connectivity index is 1.69. The third-order valence-electron chi connectivity index (χ3n) is 4.57. The van der Waals surface area contributed by atoms with Crippen molar-refractivity contribution in [1.82, 2.24) is 10.2 Å². The molecule has 22 heavy (non-hydrogen) atoms. The van der Waals surface area contributed by atoms with Crippen LogP contribution in [0.2, 0.25) is 0 Å². The van der Waals surface area contributed by atoms with Crippen LogP contribution in [0.5, 0.6) is 5.75 Å². The zero-order valence-corrected chi connectivity index (χ0v) is 14.3. The number of ether oxygens (including phenoxy) is 1. The highest BCUT2D eigenvalue weighted by Gasteiger charge is 2.17. The fraction of sp³-hybridized carbons (Fsp3) is 0.579. The van der Waals surface area contributed by atoms with Crippen molar-refractivity contribution in [3.05, 3.63) is 41.5 Å². The molecule has 0 amide bonds. The maximum absolute atomic E-state index is 5.88. The molecule has 1 aromatic carbocycles. The van der Waals surface area contributed by atoms with Crippen LogP contribution in [0.4, 0.5) is 0 Å². The van der Waals surface area contributed by atoms with Crippen molar-refractivity contribution in [2.75, 3.05) is 33.3 Å². The molecule has 0 aliphatic carbocycles. The molecule has 0 bridgehead atoms. The first-order valence-electron chi connectivity index (χ1n) is 8.44. The molecule has 1 aromatic rings. The molecule has 0 unspecified atom stereocenters. The van der Waals surface area contributed by atoms with Crippen LogP contribution in [0.25, 0.3) is 0 Å². The van der Waals surface area contributed by atoms with Gasteiger partial charge < -0.3 is 10.1 Å². The lowest BCUT2D eigenvalue weighted by Crippen LogP contribution is -2.42. The fourth-order valence-electron chi connectivity index (χ4n) is 2.87. The van der Waals surface area contributed by atoms with Crippen LogP contribution in [0, 0.1) is 0 Å². The lowest BCUT2D eigenvalue weighted by molar-refractivity contribution is 0.167. The van der Waals surface area contributed by atoms with Crippen LogP contribution < -0.4 is 10.1 Å². The summed E-state index contributed by atoms with van der Waals surface area (Å²) >= 11 is 0. The fourth-order valence-corrected chi connectivity index (χ4v) is 2.87. The lowest BCUT2D eigenvalue weighted by Gasteiger charge is -2.31. The van der Waals surface area contributed by atoms with Crippen LogP contribution in [0.1, 0.15) is 32.3 Å². The number of allylic oxidation sites excluding steroid dienone is 2. The van der Waals surface area contributed by atoms with Gasteiger partial charge in [0.05, 0.1) is 0 Å². The molecule has 0 aromatic heterocycles. The van der Waals surface area contributed by atoms with E-state index in [1.54, 1.807) is 0 Å². The van der Waals surface area contributed by atoms with E-state index in [0.29, 0.717) is 6.04 Å². The van der Waals surface area contributed by atoms with Crippen LogP contribution in [-0.2, 0) is 6.42 Å². The second kappa shape index (κ2) is 8.96. The van der Waals surface area contributed by atoms with Crippen LogP contribution in [0.15, 0.2) is 35.9 Å². The predicted octanol–water partition coefficient (Wildman–Crippen LogP) is 3.26. The van der Waals surface area contributed by atoms with Crippen molar-refractivity contribution in [1.29, 1.82) is 0 Å². The first-order chi connectivity index (χ1) is 10.7. The highest BCUT2D eigenvalue weighted by Crippen LogP contribution is 2.15. The molecule has 1 aliphatic heterocycles. The summed E-state index contributed by atoms with van der Waals surface area (Å²) in [6.45, 7) is 8.41. The number of benzene rings is 1. The molecule has 1 heterocycles. The molecule has 0 radical (unpaired) electrons. The van der Waals surface area contributed by atoms with E-state index >= 15 is 0 Å². The summed E-state index contributed by atoms with van der Waals surface area (Å²) in [7, 11) is 2.06. The predicted molar refractivity (Wildman–Crippen MR) is 93.6 cm³/mol. The molecule has 122 valence electrons. The Morgan fingerprint density at radius 1 is 1.27 bits per heavy atom. The highest BCUT2D eigenvalue weighted by atomic mass is 16.5. The zero-order chi connectivity index (χ0) is 15.8. The minimum absolute atomic E-state index is 0.699. The maximum Gasteiger partial charge on any atom is 0.119 e. The Morgan fingerprint density at radius 3 is 2.55 bits per heavy atom. The van der Waals surface area contributed by atoms with Gasteiger partial charge in [0.2, 0.25) is 0 Å². The van der Waals surface area contributed by atoms with E-state index < -0.39 is 0 Å². The number of piperidine rings is 1. The molecule has 1 fully saturated rings. The molecule has 1 aliphatic rings. The number of likely N-dealkylation sites (tertiary alicyclic amines) is 1. The third-order valence-corrected chi connectivity index (χ3v) is 4.57. The Bertz CT molecular complexity index is 459. The number of hydrogen-bond acceptors (Lipinski definition) is 3. The largest absolute Gasteiger partial charge is 0.492 e. The molecule has 3 nitrogen and oxygen atoms in total. The van der Waals surface area contributed by atoms with Crippen molar-refractivity contribution in [2.45, 2.75) is 39.2 Å². The summed E-state index contributed by atoms with van der Waals surface area (Å²) in [6, 6.07) is 9.21. The van der Waals surface area contributed by atoms with E-state index in [9.17, 15) is 0 Å². The Morgan fingerprint density at radius 2 is 1.95 bits per heavy atom. The van der Waals surface area contributed by atoms with E-state index in [4.69, 9.17) is 4.74 Å². The van der Waals surface area contributed by atoms with E-state index in [-0.39, 0.29) is 0 Å². The molecule has 0 spiro atoms. The topological polar surface area (TPSA) is 24.5 Å². The van der Waals surface area contributed by atoms with Gasteiger partial charge in [-0.15, -0.1) is 0 Å². The Kier molecular flexibility index (Phi) is 6.94. The van der Waals surface area contributed by atoms with E-state index in [0.717, 1.165) is 25.3 Å². The molecule has 2 rings (SSSR count). The number of hydrogen-bond donors (Lipinski definition) is 1. The van der Waals surface area contributed by atoms with Crippen molar-refractivity contribution in [2.24, 2.45) is 0 Å². The molecule has 0 saturated carbocycles. The van der Waals surface area contributed by atoms with E-state index in [1.165, 1.54) is 37.1 Å². The summed E-state index contributed by atoms with van der Waals surface area (Å²) < 4.78 is 5.88. The van der Waals surface area contributed by atoms with Crippen LogP contribution in [0.3, 0.4) is 0 Å². The van der Waals surface area contributed by atoms with Crippen molar-refractivity contribution in [3.63, 3.8) is 0 Å². The van der Waals surface area contributed by atoms with Crippen molar-refractivity contribution < 1.29 is 4.74 Å². The average Bonchev–Trinajstić information content (AvgIpc) is 2.57. The minimum atomic E-state index is 0.699. The lowest BCUT2D eigenvalue weighted by atomic mass is 10.1. The number of nitrogens with one attached hydrogen (secondary N) is 1. The van der Waals surface area contributed by atoms with Gasteiger partial charge in [-0.05, 0) is 70.9 Å². The van der Waals surface area contributed by atoms with Gasteiger partial charge in [-0.3, -0.25) is 4.90 Å². The first-order valence-corrected chi connectivity index (χ1v) is 8.44. The van der Waals surface area contributed by atoms with Gasteiger partial charge in [-0.25, -0.2) is 0 Å². The van der Waals surface area contributed by atoms with Crippen LogP contribution >= 0.6 is 0 Å². The second-order valence-corrected chi connectivity index (χ2v) is 6.21. The van der Waals surface area contributed by atoms with Gasteiger partial charge in [0.1, 0.15) is 12.4 Å². The zero-order valence-electron chi connectivity index (χ0n) is 14.3. The van der Waals surface area contributed by atoms with Crippen molar-refractivity contribution in [3.8, 4) is 5.75 Å². The summed E-state index contributed by atoms with van der Waals surface area (Å²) in [6.07, 6.45) is 5.68. The summed E-state index contributed by atoms with van der Waals surface area (Å²) in [5.41, 5.74) is 2.75. The molecular weight excluding hydrogens is 272 g/mol. The van der Waals surface area contributed by atoms with Crippen molar-refractivity contribution >= 4 is 0 Å². The second-order valence-electron chi connectivity index (χ2n) is 6.21. The van der Waals surface area contributed by atoms with Crippen LogP contribution in [-0.4, -0.2) is 44.2 Å². The van der Waals surface area contributed by atoms with Gasteiger partial charge in [-0.1, -0.05) is 23.8 Å². The number of nitrogens with zero attached hydrogens (tertiary/aromatic N) is 1. The molecule has 1 saturated heterocycles. The van der Waals surface area contributed by atoms with Gasteiger partial charge >= 0.3 is 0 Å². The standard InChI is InChI=1S/C19H30N2O/c1-4-16(2)15-17-5-7-19(8-6-17)22-14-13-21-11-9-18(20-3)10-12-21/h4-8,18,20H,9-15H2,1-3H3/b16-4+. The summed E-state index contributed by atoms with van der Waals surface area (Å²) in [4.78, 5) is 2.50. The van der Waals surface area contributed by atoms with Gasteiger partial charge in [0, 0.05) is 12.6 Å². The monoisotopic (exact) mass is 302 g/mol. The normalized spacial score (nSPS) is 17.7. The molecule has 3 heteroatoms. The Labute approximate surface area is 135 Å². The first kappa shape index (κ1) is 17.0. The average molecular weight is 302 g/mol. The molecular formula is C19H30N2O. The minimum Gasteiger partial charge on any atom is -0.492 e. The van der Waals surface area contributed by atoms with Gasteiger partial charge in [-0.2, -0.15) is 0 Å². The summed E-state index contributed by atoms with van der Waals surface area (Å²) in [5, 5.41) is 3.37. The van der Waals surface area contributed by atoms with E-state index in [1.807, 2.05) is 0 Å². The highest BCUT2D eigenvalue weighted by molar-refractivity contribution is 5.29. The number of rotatable bonds is 7. The summed E-state index contributed by atoms with van der Waals surface area (Å²) in [5.74, 6) is 0.979. The third kappa shape index (κ3) is 5.47. The maximum atomic E-state index is 5.88. The smallest absolute Gasteiger partial charge is 0.119 e. The van der Waals surface area contributed by atoms with E-state index in [2.05, 4.69) is 61.5 Å². The molecule has 1 N–H and O–H groups in total.